The van der Waals surface area contributed by atoms with Crippen molar-refractivity contribution in [3.8, 4) is 5.75 Å². The molecule has 2 rings (SSSR count). The lowest BCUT2D eigenvalue weighted by atomic mass is 9.95. The maximum atomic E-state index is 14.5. The molecule has 0 radical (unpaired) electrons. The fourth-order valence-corrected chi connectivity index (χ4v) is 2.21. The Morgan fingerprint density at radius 2 is 2.44 bits per heavy atom. The third-order valence-electron chi connectivity index (χ3n) is 3.04. The summed E-state index contributed by atoms with van der Waals surface area (Å²) in [6.45, 7) is 2.45. The molecule has 2 unspecified atom stereocenters. The zero-order valence-corrected chi connectivity index (χ0v) is 9.45. The molecule has 0 saturated heterocycles. The van der Waals surface area contributed by atoms with Crippen molar-refractivity contribution in [3.05, 3.63) is 24.0 Å². The predicted molar refractivity (Wildman–Crippen MR) is 60.0 cm³/mol. The van der Waals surface area contributed by atoms with E-state index >= 15 is 0 Å². The third kappa shape index (κ3) is 2.16. The lowest BCUT2D eigenvalue weighted by molar-refractivity contribution is 0.171. The molecule has 1 aliphatic carbocycles. The van der Waals surface area contributed by atoms with Crippen molar-refractivity contribution in [1.82, 2.24) is 4.98 Å². The quantitative estimate of drug-likeness (QED) is 0.855. The maximum absolute atomic E-state index is 14.5. The highest BCUT2D eigenvalue weighted by atomic mass is 19.1. The van der Waals surface area contributed by atoms with Crippen molar-refractivity contribution >= 4 is 0 Å². The Labute approximate surface area is 94.8 Å². The average molecular weight is 224 g/mol. The number of nitrogens with two attached hydrogens (primary N) is 1. The molecule has 1 heterocycles. The van der Waals surface area contributed by atoms with E-state index in [2.05, 4.69) is 4.98 Å². The van der Waals surface area contributed by atoms with Crippen molar-refractivity contribution < 1.29 is 9.13 Å². The lowest BCUT2D eigenvalue weighted by Crippen LogP contribution is -2.21. The van der Waals surface area contributed by atoms with Crippen molar-refractivity contribution in [1.29, 1.82) is 0 Å². The Morgan fingerprint density at radius 1 is 1.62 bits per heavy atom. The third-order valence-corrected chi connectivity index (χ3v) is 3.04. The first-order valence-corrected chi connectivity index (χ1v) is 5.67. The standard InChI is InChI=1S/C12H17FN2O/c1-2-16-11-5-9(7-15-8-11)12(13)4-3-10(14)6-12/h5,7-8,10H,2-4,6,14H2,1H3. The van der Waals surface area contributed by atoms with E-state index < -0.39 is 5.67 Å². The van der Waals surface area contributed by atoms with Crippen LogP contribution in [0.4, 0.5) is 4.39 Å². The largest absolute Gasteiger partial charge is 0.492 e. The van der Waals surface area contributed by atoms with E-state index in [9.17, 15) is 4.39 Å². The number of rotatable bonds is 3. The molecular formula is C12H17FN2O. The van der Waals surface area contributed by atoms with E-state index in [0.29, 0.717) is 30.8 Å². The van der Waals surface area contributed by atoms with Gasteiger partial charge in [0.2, 0.25) is 0 Å². The average Bonchev–Trinajstić information content (AvgIpc) is 2.61. The minimum atomic E-state index is -1.32. The number of pyridine rings is 1. The fourth-order valence-electron chi connectivity index (χ4n) is 2.21. The predicted octanol–water partition coefficient (Wildman–Crippen LogP) is 2.16. The molecule has 0 aliphatic heterocycles. The molecule has 2 N–H and O–H groups in total. The smallest absolute Gasteiger partial charge is 0.139 e. The van der Waals surface area contributed by atoms with Crippen molar-refractivity contribution in [2.24, 2.45) is 5.73 Å². The first kappa shape index (κ1) is 11.3. The Balaban J connectivity index is 2.22. The van der Waals surface area contributed by atoms with Crippen LogP contribution in [0.2, 0.25) is 0 Å². The first-order chi connectivity index (χ1) is 7.64. The molecule has 0 aromatic carbocycles. The van der Waals surface area contributed by atoms with Crippen LogP contribution in [0.15, 0.2) is 18.5 Å². The number of hydrogen-bond donors (Lipinski definition) is 1. The summed E-state index contributed by atoms with van der Waals surface area (Å²) in [6, 6.07) is 1.69. The Morgan fingerprint density at radius 3 is 3.06 bits per heavy atom. The number of halogens is 1. The van der Waals surface area contributed by atoms with Crippen LogP contribution in [-0.4, -0.2) is 17.6 Å². The first-order valence-electron chi connectivity index (χ1n) is 5.67. The van der Waals surface area contributed by atoms with Gasteiger partial charge in [0.15, 0.2) is 0 Å². The van der Waals surface area contributed by atoms with Gasteiger partial charge in [-0.1, -0.05) is 0 Å². The second kappa shape index (κ2) is 4.37. The van der Waals surface area contributed by atoms with Crippen LogP contribution < -0.4 is 10.5 Å². The molecule has 1 fully saturated rings. The number of hydrogen-bond acceptors (Lipinski definition) is 3. The Kier molecular flexibility index (Phi) is 3.10. The van der Waals surface area contributed by atoms with Gasteiger partial charge in [0, 0.05) is 24.2 Å². The molecule has 16 heavy (non-hydrogen) atoms. The van der Waals surface area contributed by atoms with Crippen LogP contribution in [0.3, 0.4) is 0 Å². The highest BCUT2D eigenvalue weighted by Gasteiger charge is 2.39. The SMILES string of the molecule is CCOc1cncc(C2(F)CCC(N)C2)c1. The molecule has 1 aromatic rings. The monoisotopic (exact) mass is 224 g/mol. The molecule has 0 amide bonds. The van der Waals surface area contributed by atoms with Crippen molar-refractivity contribution in [3.63, 3.8) is 0 Å². The number of ether oxygens (including phenoxy) is 1. The van der Waals surface area contributed by atoms with Gasteiger partial charge in [0.25, 0.3) is 0 Å². The van der Waals surface area contributed by atoms with Crippen LogP contribution in [-0.2, 0) is 5.67 Å². The molecule has 1 saturated carbocycles. The van der Waals surface area contributed by atoms with Crippen LogP contribution in [0.1, 0.15) is 31.7 Å². The van der Waals surface area contributed by atoms with Crippen molar-refractivity contribution in [2.45, 2.75) is 37.9 Å². The molecule has 3 nitrogen and oxygen atoms in total. The minimum Gasteiger partial charge on any atom is -0.492 e. The molecule has 1 aromatic heterocycles. The maximum Gasteiger partial charge on any atom is 0.139 e. The Bertz CT molecular complexity index is 372. The number of alkyl halides is 1. The van der Waals surface area contributed by atoms with Crippen LogP contribution in [0.5, 0.6) is 5.75 Å². The summed E-state index contributed by atoms with van der Waals surface area (Å²) < 4.78 is 19.9. The van der Waals surface area contributed by atoms with Gasteiger partial charge in [-0.25, -0.2) is 4.39 Å². The van der Waals surface area contributed by atoms with Gasteiger partial charge in [0.05, 0.1) is 12.8 Å². The zero-order chi connectivity index (χ0) is 11.6. The second-order valence-electron chi connectivity index (χ2n) is 4.31. The van der Waals surface area contributed by atoms with Gasteiger partial charge >= 0.3 is 0 Å². The molecule has 88 valence electrons. The van der Waals surface area contributed by atoms with Gasteiger partial charge in [-0.2, -0.15) is 0 Å². The molecular weight excluding hydrogens is 207 g/mol. The van der Waals surface area contributed by atoms with E-state index in [-0.39, 0.29) is 6.04 Å². The summed E-state index contributed by atoms with van der Waals surface area (Å²) in [5.74, 6) is 0.623. The fraction of sp³-hybridized carbons (Fsp3) is 0.583. The van der Waals surface area contributed by atoms with Gasteiger partial charge in [0.1, 0.15) is 11.4 Å². The lowest BCUT2D eigenvalue weighted by Gasteiger charge is -2.19. The minimum absolute atomic E-state index is 0.0410. The summed E-state index contributed by atoms with van der Waals surface area (Å²) in [7, 11) is 0. The molecule has 2 atom stereocenters. The van der Waals surface area contributed by atoms with E-state index in [1.165, 1.54) is 0 Å². The molecule has 1 aliphatic rings. The topological polar surface area (TPSA) is 48.1 Å². The van der Waals surface area contributed by atoms with Gasteiger partial charge in [-0.3, -0.25) is 4.98 Å². The van der Waals surface area contributed by atoms with Crippen LogP contribution in [0.25, 0.3) is 0 Å². The van der Waals surface area contributed by atoms with Gasteiger partial charge in [-0.05, 0) is 25.8 Å². The normalized spacial score (nSPS) is 29.3. The molecule has 4 heteroatoms. The van der Waals surface area contributed by atoms with Crippen molar-refractivity contribution in [2.75, 3.05) is 6.61 Å². The van der Waals surface area contributed by atoms with Crippen LogP contribution >= 0.6 is 0 Å². The van der Waals surface area contributed by atoms with Gasteiger partial charge < -0.3 is 10.5 Å². The van der Waals surface area contributed by atoms with Crippen LogP contribution in [0, 0.1) is 0 Å². The van der Waals surface area contributed by atoms with Gasteiger partial charge in [-0.15, -0.1) is 0 Å². The van der Waals surface area contributed by atoms with E-state index in [1.807, 2.05) is 6.92 Å². The second-order valence-corrected chi connectivity index (χ2v) is 4.31. The summed E-state index contributed by atoms with van der Waals surface area (Å²) >= 11 is 0. The number of nitrogens with zero attached hydrogens (tertiary/aromatic N) is 1. The Hall–Kier alpha value is -1.16. The van der Waals surface area contributed by atoms with E-state index in [1.54, 1.807) is 18.5 Å². The summed E-state index contributed by atoms with van der Waals surface area (Å²) in [5.41, 5.74) is 5.02. The number of aromatic nitrogens is 1. The highest BCUT2D eigenvalue weighted by Crippen LogP contribution is 2.42. The zero-order valence-electron chi connectivity index (χ0n) is 9.45. The highest BCUT2D eigenvalue weighted by molar-refractivity contribution is 5.29. The van der Waals surface area contributed by atoms with E-state index in [0.717, 1.165) is 6.42 Å². The summed E-state index contributed by atoms with van der Waals surface area (Å²) in [6.07, 6.45) is 4.76. The van der Waals surface area contributed by atoms with E-state index in [4.69, 9.17) is 10.5 Å². The molecule has 0 spiro atoms. The summed E-state index contributed by atoms with van der Waals surface area (Å²) in [4.78, 5) is 4.01. The molecule has 0 bridgehead atoms. The summed E-state index contributed by atoms with van der Waals surface area (Å²) in [5, 5.41) is 0.